The summed E-state index contributed by atoms with van der Waals surface area (Å²) in [7, 11) is 3.76. The molecule has 1 aliphatic rings. The van der Waals surface area contributed by atoms with E-state index >= 15 is 0 Å². The Balaban J connectivity index is 1.61. The second-order valence-electron chi connectivity index (χ2n) is 7.51. The lowest BCUT2D eigenvalue weighted by molar-refractivity contribution is -0.178. The van der Waals surface area contributed by atoms with Gasteiger partial charge in [-0.1, -0.05) is 40.2 Å². The van der Waals surface area contributed by atoms with Crippen molar-refractivity contribution < 1.29 is 24.4 Å². The van der Waals surface area contributed by atoms with Gasteiger partial charge in [0.2, 0.25) is 0 Å². The first-order chi connectivity index (χ1) is 15.7. The lowest BCUT2D eigenvalue weighted by atomic mass is 9.97. The summed E-state index contributed by atoms with van der Waals surface area (Å²) in [5.41, 5.74) is 0.124. The van der Waals surface area contributed by atoms with Gasteiger partial charge in [-0.05, 0) is 12.1 Å². The van der Waals surface area contributed by atoms with Crippen LogP contribution < -0.4 is 4.90 Å². The average molecular weight is 536 g/mol. The van der Waals surface area contributed by atoms with Gasteiger partial charge < -0.3 is 25.0 Å². The van der Waals surface area contributed by atoms with Gasteiger partial charge in [0.05, 0.1) is 22.8 Å². The number of thiazole rings is 1. The maximum absolute atomic E-state index is 13.8. The number of hydrogen-bond donors (Lipinski definition) is 3. The van der Waals surface area contributed by atoms with Gasteiger partial charge in [0.1, 0.15) is 41.2 Å². The van der Waals surface area contributed by atoms with Crippen LogP contribution in [0.2, 0.25) is 10.0 Å². The number of halogens is 3. The maximum atomic E-state index is 13.8. The van der Waals surface area contributed by atoms with Gasteiger partial charge in [-0.15, -0.1) is 16.4 Å². The summed E-state index contributed by atoms with van der Waals surface area (Å²) >= 11 is 14.2. The van der Waals surface area contributed by atoms with Crippen LogP contribution in [0.15, 0.2) is 28.6 Å². The summed E-state index contributed by atoms with van der Waals surface area (Å²) in [5, 5.41) is 42.0. The summed E-state index contributed by atoms with van der Waals surface area (Å²) in [6.45, 7) is -0.494. The predicted molar refractivity (Wildman–Crippen MR) is 125 cm³/mol. The van der Waals surface area contributed by atoms with Crippen LogP contribution >= 0.6 is 46.3 Å². The molecule has 0 spiro atoms. The molecule has 0 radical (unpaired) electrons. The molecule has 3 aromatic rings. The largest absolute Gasteiger partial charge is 0.394 e. The Morgan fingerprint density at radius 1 is 1.21 bits per heavy atom. The zero-order valence-corrected chi connectivity index (χ0v) is 20.5. The highest BCUT2D eigenvalue weighted by molar-refractivity contribution is 7.99. The minimum Gasteiger partial charge on any atom is -0.394 e. The average Bonchev–Trinajstić information content (AvgIpc) is 3.44. The standard InChI is InChI=1S/C19H20Cl2FN5O4S2/c1-26(2)19-23-12(7-32-19)11-5-27(25-24-11)15-16(29)13(6-28)31-18(17(15)30)33-8-3-9(20)14(22)10(21)4-8/h3-5,7,13,15-18,28-30H,6H2,1-2H3/t13-,15+,16+,17-,18-/m1/s1. The third-order valence-electron chi connectivity index (χ3n) is 5.01. The highest BCUT2D eigenvalue weighted by Crippen LogP contribution is 2.40. The Kier molecular flexibility index (Phi) is 7.46. The normalized spacial score (nSPS) is 25.4. The van der Waals surface area contributed by atoms with E-state index in [1.54, 1.807) is 6.20 Å². The van der Waals surface area contributed by atoms with Gasteiger partial charge in [0.15, 0.2) is 10.9 Å². The number of anilines is 1. The summed E-state index contributed by atoms with van der Waals surface area (Å²) in [6, 6.07) is 1.73. The number of aliphatic hydroxyl groups excluding tert-OH is 3. The minimum absolute atomic E-state index is 0.174. The zero-order chi connectivity index (χ0) is 23.9. The molecule has 2 aromatic heterocycles. The molecule has 178 valence electrons. The van der Waals surface area contributed by atoms with Crippen molar-refractivity contribution in [3.63, 3.8) is 0 Å². The Morgan fingerprint density at radius 2 is 1.91 bits per heavy atom. The molecule has 3 N–H and O–H groups in total. The van der Waals surface area contributed by atoms with E-state index in [0.29, 0.717) is 16.3 Å². The fourth-order valence-corrected chi connectivity index (χ4v) is 5.85. The second-order valence-corrected chi connectivity index (χ2v) is 10.3. The monoisotopic (exact) mass is 535 g/mol. The van der Waals surface area contributed by atoms with E-state index in [-0.39, 0.29) is 10.0 Å². The van der Waals surface area contributed by atoms with Crippen molar-refractivity contribution in [2.45, 2.75) is 34.7 Å². The van der Waals surface area contributed by atoms with Crippen molar-refractivity contribution >= 4 is 51.4 Å². The molecule has 0 unspecified atom stereocenters. The highest BCUT2D eigenvalue weighted by atomic mass is 35.5. The van der Waals surface area contributed by atoms with Gasteiger partial charge >= 0.3 is 0 Å². The predicted octanol–water partition coefficient (Wildman–Crippen LogP) is 2.69. The molecule has 9 nitrogen and oxygen atoms in total. The maximum Gasteiger partial charge on any atom is 0.185 e. The van der Waals surface area contributed by atoms with Crippen molar-refractivity contribution in [3.05, 3.63) is 39.6 Å². The Labute approximate surface area is 206 Å². The summed E-state index contributed by atoms with van der Waals surface area (Å²) in [6.07, 6.45) is -1.98. The number of thioether (sulfide) groups is 1. The first kappa shape index (κ1) is 24.6. The number of aliphatic hydroxyl groups is 3. The van der Waals surface area contributed by atoms with Crippen LogP contribution in [0.1, 0.15) is 6.04 Å². The van der Waals surface area contributed by atoms with E-state index in [4.69, 9.17) is 27.9 Å². The van der Waals surface area contributed by atoms with Gasteiger partial charge in [0, 0.05) is 24.4 Å². The summed E-state index contributed by atoms with van der Waals surface area (Å²) in [4.78, 5) is 6.79. The number of nitrogens with zero attached hydrogens (tertiary/aromatic N) is 5. The number of aromatic nitrogens is 4. The van der Waals surface area contributed by atoms with E-state index in [0.717, 1.165) is 16.9 Å². The van der Waals surface area contributed by atoms with E-state index in [2.05, 4.69) is 15.3 Å². The number of hydrogen-bond acceptors (Lipinski definition) is 10. The lowest BCUT2D eigenvalue weighted by Gasteiger charge is -2.41. The molecule has 0 amide bonds. The molecule has 1 fully saturated rings. The van der Waals surface area contributed by atoms with E-state index in [9.17, 15) is 19.7 Å². The lowest BCUT2D eigenvalue weighted by Crippen LogP contribution is -2.55. The van der Waals surface area contributed by atoms with Gasteiger partial charge in [0.25, 0.3) is 0 Å². The first-order valence-corrected chi connectivity index (χ1v) is 12.2. The molecule has 0 bridgehead atoms. The van der Waals surface area contributed by atoms with Gasteiger partial charge in [-0.25, -0.2) is 14.1 Å². The van der Waals surface area contributed by atoms with Gasteiger partial charge in [-0.3, -0.25) is 0 Å². The van der Waals surface area contributed by atoms with Crippen LogP contribution in [0.5, 0.6) is 0 Å². The van der Waals surface area contributed by atoms with E-state index in [1.165, 1.54) is 28.2 Å². The summed E-state index contributed by atoms with van der Waals surface area (Å²) in [5.74, 6) is -0.746. The molecule has 1 saturated heterocycles. The van der Waals surface area contributed by atoms with Crippen LogP contribution in [0.25, 0.3) is 11.4 Å². The zero-order valence-electron chi connectivity index (χ0n) is 17.3. The third kappa shape index (κ3) is 4.98. The SMILES string of the molecule is CN(C)c1nc(-c2cn([C@@H]3[C@@H](O)[C@@H](Sc4cc(Cl)c(F)c(Cl)c4)O[C@H](CO)[C@@H]3O)nn2)cs1. The van der Waals surface area contributed by atoms with Crippen LogP contribution in [0.3, 0.4) is 0 Å². The molecular formula is C19H20Cl2FN5O4S2. The Bertz CT molecular complexity index is 1110. The van der Waals surface area contributed by atoms with Crippen molar-refractivity contribution in [1.29, 1.82) is 0 Å². The van der Waals surface area contributed by atoms with E-state index < -0.39 is 42.2 Å². The molecule has 3 heterocycles. The molecular weight excluding hydrogens is 516 g/mol. The topological polar surface area (TPSA) is 117 Å². The van der Waals surface area contributed by atoms with E-state index in [1.807, 2.05) is 24.4 Å². The fourth-order valence-electron chi connectivity index (χ4n) is 3.34. The molecule has 0 saturated carbocycles. The molecule has 4 rings (SSSR count). The number of rotatable bonds is 6. The smallest absolute Gasteiger partial charge is 0.185 e. The molecule has 1 aromatic carbocycles. The molecule has 14 heteroatoms. The van der Waals surface area contributed by atoms with Crippen molar-refractivity contribution in [2.24, 2.45) is 0 Å². The first-order valence-electron chi connectivity index (χ1n) is 9.68. The molecule has 5 atom stereocenters. The molecule has 0 aliphatic carbocycles. The quantitative estimate of drug-likeness (QED) is 0.409. The van der Waals surface area contributed by atoms with Crippen molar-refractivity contribution in [1.82, 2.24) is 20.0 Å². The fraction of sp³-hybridized carbons (Fsp3) is 0.421. The number of benzene rings is 1. The van der Waals surface area contributed by atoms with Crippen molar-refractivity contribution in [2.75, 3.05) is 25.6 Å². The third-order valence-corrected chi connectivity index (χ3v) is 7.70. The highest BCUT2D eigenvalue weighted by Gasteiger charge is 2.46. The minimum atomic E-state index is -1.27. The number of ether oxygens (including phenoxy) is 1. The Morgan fingerprint density at radius 3 is 2.52 bits per heavy atom. The van der Waals surface area contributed by atoms with Crippen LogP contribution in [-0.4, -0.2) is 79.7 Å². The molecule has 1 aliphatic heterocycles. The van der Waals surface area contributed by atoms with Gasteiger partial charge in [-0.2, -0.15) is 0 Å². The van der Waals surface area contributed by atoms with Crippen LogP contribution in [0, 0.1) is 5.82 Å². The second kappa shape index (κ2) is 10.0. The molecule has 33 heavy (non-hydrogen) atoms. The summed E-state index contributed by atoms with van der Waals surface area (Å²) < 4.78 is 20.8. The van der Waals surface area contributed by atoms with Crippen LogP contribution in [0.4, 0.5) is 9.52 Å². The Hall–Kier alpha value is -1.51. The van der Waals surface area contributed by atoms with Crippen molar-refractivity contribution in [3.8, 4) is 11.4 Å². The van der Waals surface area contributed by atoms with Crippen LogP contribution in [-0.2, 0) is 4.74 Å².